The summed E-state index contributed by atoms with van der Waals surface area (Å²) < 4.78 is 0. The number of nitro groups is 1. The van der Waals surface area contributed by atoms with Crippen molar-refractivity contribution in [1.82, 2.24) is 9.97 Å². The molecule has 0 atom stereocenters. The van der Waals surface area contributed by atoms with Crippen LogP contribution >= 0.6 is 0 Å². The minimum atomic E-state index is -0.443. The van der Waals surface area contributed by atoms with E-state index < -0.39 is 4.92 Å². The number of aromatic nitrogens is 2. The summed E-state index contributed by atoms with van der Waals surface area (Å²) >= 11 is 0. The molecule has 1 heterocycles. The third-order valence-electron chi connectivity index (χ3n) is 3.05. The summed E-state index contributed by atoms with van der Waals surface area (Å²) in [5.41, 5.74) is 4.01. The van der Waals surface area contributed by atoms with Crippen LogP contribution in [0.5, 0.6) is 0 Å². The lowest BCUT2D eigenvalue weighted by molar-refractivity contribution is -0.385. The molecule has 108 valence electrons. The van der Waals surface area contributed by atoms with Gasteiger partial charge < -0.3 is 0 Å². The zero-order valence-electron chi connectivity index (χ0n) is 11.4. The summed E-state index contributed by atoms with van der Waals surface area (Å²) in [5.74, 6) is 0.542. The Morgan fingerprint density at radius 3 is 2.73 bits per heavy atom. The molecule has 7 heteroatoms. The van der Waals surface area contributed by atoms with Crippen LogP contribution in [-0.4, -0.2) is 21.1 Å². The molecule has 0 radical (unpaired) electrons. The lowest BCUT2D eigenvalue weighted by Crippen LogP contribution is -1.98. The molecule has 0 fully saturated rings. The Labute approximate surface area is 125 Å². The summed E-state index contributed by atoms with van der Waals surface area (Å²) in [6.07, 6.45) is 2.83. The Morgan fingerprint density at radius 1 is 1.09 bits per heavy atom. The fourth-order valence-corrected chi connectivity index (χ4v) is 2.02. The first kappa shape index (κ1) is 13.6. The first-order valence-corrected chi connectivity index (χ1v) is 6.48. The minimum absolute atomic E-state index is 0.000551. The molecule has 0 bridgehead atoms. The highest BCUT2D eigenvalue weighted by molar-refractivity contribution is 5.90. The monoisotopic (exact) mass is 293 g/mol. The van der Waals surface area contributed by atoms with Gasteiger partial charge in [0.1, 0.15) is 6.33 Å². The zero-order chi connectivity index (χ0) is 15.4. The predicted octanol–water partition coefficient (Wildman–Crippen LogP) is 2.98. The molecule has 3 rings (SSSR count). The highest BCUT2D eigenvalue weighted by Crippen LogP contribution is 2.19. The predicted molar refractivity (Wildman–Crippen MR) is 83.9 cm³/mol. The fraction of sp³-hybridized carbons (Fsp3) is 0. The second kappa shape index (κ2) is 5.96. The fourth-order valence-electron chi connectivity index (χ4n) is 2.02. The van der Waals surface area contributed by atoms with Crippen LogP contribution in [-0.2, 0) is 0 Å². The van der Waals surface area contributed by atoms with E-state index in [9.17, 15) is 10.1 Å². The number of anilines is 1. The van der Waals surface area contributed by atoms with Gasteiger partial charge in [0.05, 0.1) is 22.2 Å². The lowest BCUT2D eigenvalue weighted by Gasteiger charge is -2.03. The number of benzene rings is 2. The molecule has 0 aliphatic carbocycles. The smallest absolute Gasteiger partial charge is 0.261 e. The van der Waals surface area contributed by atoms with Crippen molar-refractivity contribution in [1.29, 1.82) is 0 Å². The second-order valence-electron chi connectivity index (χ2n) is 4.43. The van der Waals surface area contributed by atoms with Gasteiger partial charge in [0.25, 0.3) is 5.69 Å². The van der Waals surface area contributed by atoms with Crippen LogP contribution in [0.25, 0.3) is 10.9 Å². The summed E-state index contributed by atoms with van der Waals surface area (Å²) in [6, 6.07) is 13.9. The van der Waals surface area contributed by atoms with Crippen molar-refractivity contribution in [2.45, 2.75) is 0 Å². The lowest BCUT2D eigenvalue weighted by atomic mass is 10.2. The molecular weight excluding hydrogens is 282 g/mol. The van der Waals surface area contributed by atoms with Gasteiger partial charge in [-0.2, -0.15) is 5.10 Å². The van der Waals surface area contributed by atoms with Crippen LogP contribution in [0.4, 0.5) is 11.5 Å². The first-order chi connectivity index (χ1) is 10.8. The third-order valence-corrected chi connectivity index (χ3v) is 3.05. The maximum absolute atomic E-state index is 10.9. The third kappa shape index (κ3) is 2.73. The number of nitro benzene ring substituents is 1. The summed E-state index contributed by atoms with van der Waals surface area (Å²) in [7, 11) is 0. The normalized spacial score (nSPS) is 10.9. The molecule has 0 aliphatic rings. The van der Waals surface area contributed by atoms with Crippen molar-refractivity contribution >= 4 is 28.6 Å². The molecule has 0 saturated heterocycles. The molecule has 3 aromatic rings. The van der Waals surface area contributed by atoms with E-state index in [1.807, 2.05) is 24.3 Å². The molecule has 0 unspecified atom stereocenters. The highest BCUT2D eigenvalue weighted by Gasteiger charge is 2.09. The summed E-state index contributed by atoms with van der Waals surface area (Å²) in [4.78, 5) is 18.8. The van der Waals surface area contributed by atoms with Crippen molar-refractivity contribution in [2.75, 3.05) is 5.43 Å². The quantitative estimate of drug-likeness (QED) is 0.453. The Morgan fingerprint density at radius 2 is 1.86 bits per heavy atom. The van der Waals surface area contributed by atoms with E-state index in [-0.39, 0.29) is 5.69 Å². The van der Waals surface area contributed by atoms with E-state index in [1.54, 1.807) is 18.2 Å². The van der Waals surface area contributed by atoms with E-state index in [4.69, 9.17) is 0 Å². The van der Waals surface area contributed by atoms with Crippen LogP contribution in [0.3, 0.4) is 0 Å². The summed E-state index contributed by atoms with van der Waals surface area (Å²) in [5, 5.41) is 15.8. The average molecular weight is 293 g/mol. The van der Waals surface area contributed by atoms with Gasteiger partial charge in [-0.3, -0.25) is 15.5 Å². The Kier molecular flexibility index (Phi) is 3.69. The molecular formula is C15H11N5O2. The Balaban J connectivity index is 1.87. The molecule has 0 saturated carbocycles. The maximum atomic E-state index is 10.9. The number of fused-ring (bicyclic) bond motifs is 1. The molecule has 7 nitrogen and oxygen atoms in total. The Hall–Kier alpha value is -3.35. The minimum Gasteiger partial charge on any atom is -0.261 e. The summed E-state index contributed by atoms with van der Waals surface area (Å²) in [6.45, 7) is 0. The van der Waals surface area contributed by atoms with E-state index in [2.05, 4.69) is 20.5 Å². The van der Waals surface area contributed by atoms with Gasteiger partial charge in [0.15, 0.2) is 5.82 Å². The van der Waals surface area contributed by atoms with Gasteiger partial charge in [-0.25, -0.2) is 9.97 Å². The van der Waals surface area contributed by atoms with Gasteiger partial charge in [-0.05, 0) is 18.2 Å². The first-order valence-electron chi connectivity index (χ1n) is 6.48. The standard InChI is InChI=1S/C15H11N5O2/c21-20(22)14-8-4-1-5-11(14)9-18-19-15-12-6-2-3-7-13(12)16-10-17-15/h1-10H,(H,16,17,19)/b18-9+. The van der Waals surface area contributed by atoms with E-state index in [1.165, 1.54) is 18.6 Å². The molecule has 1 aromatic heterocycles. The molecule has 2 aromatic carbocycles. The van der Waals surface area contributed by atoms with Crippen molar-refractivity contribution in [3.05, 3.63) is 70.5 Å². The number of hydrazone groups is 1. The topological polar surface area (TPSA) is 93.3 Å². The number of nitrogens with zero attached hydrogens (tertiary/aromatic N) is 4. The van der Waals surface area contributed by atoms with Crippen molar-refractivity contribution < 1.29 is 4.92 Å². The number of hydrogen-bond acceptors (Lipinski definition) is 6. The van der Waals surface area contributed by atoms with Crippen LogP contribution in [0, 0.1) is 10.1 Å². The van der Waals surface area contributed by atoms with Gasteiger partial charge in [-0.1, -0.05) is 24.3 Å². The number of hydrogen-bond donors (Lipinski definition) is 1. The van der Waals surface area contributed by atoms with Gasteiger partial charge >= 0.3 is 0 Å². The SMILES string of the molecule is O=[N+]([O-])c1ccccc1/C=N/Nc1ncnc2ccccc12. The van der Waals surface area contributed by atoms with Gasteiger partial charge in [0.2, 0.25) is 0 Å². The van der Waals surface area contributed by atoms with Gasteiger partial charge in [-0.15, -0.1) is 0 Å². The maximum Gasteiger partial charge on any atom is 0.278 e. The van der Waals surface area contributed by atoms with E-state index >= 15 is 0 Å². The second-order valence-corrected chi connectivity index (χ2v) is 4.43. The van der Waals surface area contributed by atoms with Crippen LogP contribution in [0.15, 0.2) is 60.0 Å². The zero-order valence-corrected chi connectivity index (χ0v) is 11.4. The average Bonchev–Trinajstić information content (AvgIpc) is 2.55. The van der Waals surface area contributed by atoms with Crippen molar-refractivity contribution in [2.24, 2.45) is 5.10 Å². The largest absolute Gasteiger partial charge is 0.278 e. The number of para-hydroxylation sites is 2. The number of rotatable bonds is 4. The molecule has 0 amide bonds. The van der Waals surface area contributed by atoms with E-state index in [0.717, 1.165) is 10.9 Å². The molecule has 0 spiro atoms. The van der Waals surface area contributed by atoms with Crippen molar-refractivity contribution in [3.8, 4) is 0 Å². The van der Waals surface area contributed by atoms with Gasteiger partial charge in [0, 0.05) is 11.5 Å². The number of nitrogens with one attached hydrogen (secondary N) is 1. The Bertz CT molecular complexity index is 858. The molecule has 22 heavy (non-hydrogen) atoms. The van der Waals surface area contributed by atoms with Crippen LogP contribution in [0.1, 0.15) is 5.56 Å². The van der Waals surface area contributed by atoms with Crippen molar-refractivity contribution in [3.63, 3.8) is 0 Å². The van der Waals surface area contributed by atoms with E-state index in [0.29, 0.717) is 11.4 Å². The molecule has 0 aliphatic heterocycles. The van der Waals surface area contributed by atoms with Crippen LogP contribution < -0.4 is 5.43 Å². The van der Waals surface area contributed by atoms with Crippen LogP contribution in [0.2, 0.25) is 0 Å². The molecule has 1 N–H and O–H groups in total. The highest BCUT2D eigenvalue weighted by atomic mass is 16.6.